The molecule has 1 aromatic carbocycles. The van der Waals surface area contributed by atoms with Crippen molar-refractivity contribution in [3.63, 3.8) is 0 Å². The summed E-state index contributed by atoms with van der Waals surface area (Å²) in [6.07, 6.45) is 2.68. The molecule has 1 aliphatic rings. The Morgan fingerprint density at radius 2 is 2.14 bits per heavy atom. The SMILES string of the molecule is CCCCN1CCc2c([nH]c3ccc(S(=O)(=O)O)cc23)C1=O. The summed E-state index contributed by atoms with van der Waals surface area (Å²) in [4.78, 5) is 17.3. The third-order valence-corrected chi connectivity index (χ3v) is 4.94. The van der Waals surface area contributed by atoms with Gasteiger partial charge in [-0.15, -0.1) is 0 Å². The fourth-order valence-corrected chi connectivity index (χ4v) is 3.41. The van der Waals surface area contributed by atoms with Crippen LogP contribution in [0.25, 0.3) is 10.9 Å². The Hall–Kier alpha value is -1.86. The summed E-state index contributed by atoms with van der Waals surface area (Å²) in [5.74, 6) is -0.0423. The van der Waals surface area contributed by atoms with E-state index in [2.05, 4.69) is 11.9 Å². The number of unbranched alkanes of at least 4 members (excludes halogenated alkanes) is 1. The Morgan fingerprint density at radius 3 is 2.82 bits per heavy atom. The molecule has 0 unspecified atom stereocenters. The molecule has 1 aromatic heterocycles. The van der Waals surface area contributed by atoms with Crippen LogP contribution in [0.2, 0.25) is 0 Å². The van der Waals surface area contributed by atoms with Crippen LogP contribution in [0.4, 0.5) is 0 Å². The molecule has 0 fully saturated rings. The number of hydrogen-bond acceptors (Lipinski definition) is 3. The van der Waals surface area contributed by atoms with E-state index in [4.69, 9.17) is 4.55 Å². The third-order valence-electron chi connectivity index (χ3n) is 4.09. The van der Waals surface area contributed by atoms with Crippen molar-refractivity contribution in [2.45, 2.75) is 31.1 Å². The molecular weight excluding hydrogens is 304 g/mol. The molecule has 7 heteroatoms. The number of carbonyl (C=O) groups excluding carboxylic acids is 1. The largest absolute Gasteiger partial charge is 0.350 e. The number of benzene rings is 1. The number of rotatable bonds is 4. The van der Waals surface area contributed by atoms with Gasteiger partial charge >= 0.3 is 0 Å². The van der Waals surface area contributed by atoms with Crippen molar-refractivity contribution in [3.05, 3.63) is 29.5 Å². The first-order chi connectivity index (χ1) is 10.4. The molecule has 0 atom stereocenters. The molecule has 6 nitrogen and oxygen atoms in total. The van der Waals surface area contributed by atoms with Crippen LogP contribution < -0.4 is 0 Å². The average molecular weight is 322 g/mol. The summed E-state index contributed by atoms with van der Waals surface area (Å²) in [5, 5.41) is 0.689. The fraction of sp³-hybridized carbons (Fsp3) is 0.400. The molecule has 1 aliphatic heterocycles. The highest BCUT2D eigenvalue weighted by Crippen LogP contribution is 2.29. The molecule has 2 heterocycles. The van der Waals surface area contributed by atoms with Crippen LogP contribution in [-0.4, -0.2) is 41.9 Å². The maximum atomic E-state index is 12.5. The van der Waals surface area contributed by atoms with Crippen molar-refractivity contribution in [1.82, 2.24) is 9.88 Å². The molecule has 0 bridgehead atoms. The highest BCUT2D eigenvalue weighted by Gasteiger charge is 2.28. The van der Waals surface area contributed by atoms with Crippen molar-refractivity contribution in [2.75, 3.05) is 13.1 Å². The summed E-state index contributed by atoms with van der Waals surface area (Å²) < 4.78 is 31.7. The van der Waals surface area contributed by atoms with Gasteiger partial charge in [-0.2, -0.15) is 8.42 Å². The van der Waals surface area contributed by atoms with Gasteiger partial charge in [0.1, 0.15) is 5.69 Å². The van der Waals surface area contributed by atoms with E-state index in [0.717, 1.165) is 24.9 Å². The van der Waals surface area contributed by atoms with Gasteiger partial charge in [-0.05, 0) is 36.6 Å². The second kappa shape index (κ2) is 5.40. The maximum absolute atomic E-state index is 12.5. The molecule has 0 saturated carbocycles. The summed E-state index contributed by atoms with van der Waals surface area (Å²) in [6, 6.07) is 4.34. The Labute approximate surface area is 128 Å². The lowest BCUT2D eigenvalue weighted by molar-refractivity contribution is 0.0732. The molecule has 0 radical (unpaired) electrons. The number of aromatic nitrogens is 1. The van der Waals surface area contributed by atoms with E-state index < -0.39 is 10.1 Å². The van der Waals surface area contributed by atoms with Crippen molar-refractivity contribution < 1.29 is 17.8 Å². The second-order valence-electron chi connectivity index (χ2n) is 5.56. The number of hydrogen-bond donors (Lipinski definition) is 2. The molecular formula is C15H18N2O4S. The molecule has 3 rings (SSSR count). The third kappa shape index (κ3) is 2.50. The number of aromatic amines is 1. The zero-order chi connectivity index (χ0) is 15.9. The van der Waals surface area contributed by atoms with Gasteiger partial charge in [0, 0.05) is 24.0 Å². The Bertz CT molecular complexity index is 839. The van der Waals surface area contributed by atoms with Crippen LogP contribution in [0.15, 0.2) is 23.1 Å². The van der Waals surface area contributed by atoms with Crippen molar-refractivity contribution in [3.8, 4) is 0 Å². The summed E-state index contributed by atoms with van der Waals surface area (Å²) in [6.45, 7) is 3.45. The van der Waals surface area contributed by atoms with Gasteiger partial charge in [0.2, 0.25) is 0 Å². The fourth-order valence-electron chi connectivity index (χ4n) is 2.90. The first-order valence-electron chi connectivity index (χ1n) is 7.33. The molecule has 0 spiro atoms. The topological polar surface area (TPSA) is 90.5 Å². The summed E-state index contributed by atoms with van der Waals surface area (Å²) in [7, 11) is -4.24. The Kier molecular flexibility index (Phi) is 3.70. The van der Waals surface area contributed by atoms with Gasteiger partial charge in [0.25, 0.3) is 16.0 Å². The van der Waals surface area contributed by atoms with Crippen molar-refractivity contribution in [1.29, 1.82) is 0 Å². The predicted octanol–water partition coefficient (Wildman–Crippen LogP) is 2.21. The summed E-state index contributed by atoms with van der Waals surface area (Å²) in [5.41, 5.74) is 2.08. The smallest absolute Gasteiger partial charge is 0.294 e. The molecule has 2 aromatic rings. The number of nitrogens with zero attached hydrogens (tertiary/aromatic N) is 1. The van der Waals surface area contributed by atoms with Crippen LogP contribution >= 0.6 is 0 Å². The lowest BCUT2D eigenvalue weighted by atomic mass is 10.0. The van der Waals surface area contributed by atoms with Crippen molar-refractivity contribution >= 4 is 26.9 Å². The van der Waals surface area contributed by atoms with E-state index >= 15 is 0 Å². The van der Waals surface area contributed by atoms with Gasteiger partial charge < -0.3 is 9.88 Å². The maximum Gasteiger partial charge on any atom is 0.294 e. The number of fused-ring (bicyclic) bond motifs is 3. The van der Waals surface area contributed by atoms with Crippen LogP contribution in [0, 0.1) is 0 Å². The second-order valence-corrected chi connectivity index (χ2v) is 6.98. The summed E-state index contributed by atoms with van der Waals surface area (Å²) >= 11 is 0. The van der Waals surface area contributed by atoms with Gasteiger partial charge in [-0.1, -0.05) is 13.3 Å². The zero-order valence-corrected chi connectivity index (χ0v) is 13.1. The van der Waals surface area contributed by atoms with Gasteiger partial charge in [0.05, 0.1) is 4.90 Å². The first kappa shape index (κ1) is 15.1. The van der Waals surface area contributed by atoms with Crippen LogP contribution in [-0.2, 0) is 16.5 Å². The predicted molar refractivity (Wildman–Crippen MR) is 82.6 cm³/mol. The van der Waals surface area contributed by atoms with E-state index in [1.54, 1.807) is 6.07 Å². The number of nitrogens with one attached hydrogen (secondary N) is 1. The standard InChI is InChI=1S/C15H18N2O4S/c1-2-3-7-17-8-6-11-12-9-10(22(19,20)21)4-5-13(12)16-14(11)15(17)18/h4-5,9,16H,2-3,6-8H2,1H3,(H,19,20,21). The van der Waals surface area contributed by atoms with Gasteiger partial charge in [-0.3, -0.25) is 9.35 Å². The highest BCUT2D eigenvalue weighted by atomic mass is 32.2. The lowest BCUT2D eigenvalue weighted by Crippen LogP contribution is -2.38. The van der Waals surface area contributed by atoms with E-state index in [0.29, 0.717) is 29.6 Å². The van der Waals surface area contributed by atoms with Crippen LogP contribution in [0.5, 0.6) is 0 Å². The average Bonchev–Trinajstić information content (AvgIpc) is 2.84. The van der Waals surface area contributed by atoms with Crippen molar-refractivity contribution in [2.24, 2.45) is 0 Å². The molecule has 118 valence electrons. The Morgan fingerprint density at radius 1 is 1.36 bits per heavy atom. The van der Waals surface area contributed by atoms with Gasteiger partial charge in [-0.25, -0.2) is 0 Å². The number of H-pyrrole nitrogens is 1. The van der Waals surface area contributed by atoms with Crippen LogP contribution in [0.3, 0.4) is 0 Å². The molecule has 0 saturated heterocycles. The van der Waals surface area contributed by atoms with E-state index in [9.17, 15) is 13.2 Å². The Balaban J connectivity index is 2.05. The number of amides is 1. The van der Waals surface area contributed by atoms with Gasteiger partial charge in [0.15, 0.2) is 0 Å². The minimum Gasteiger partial charge on any atom is -0.350 e. The molecule has 0 aliphatic carbocycles. The zero-order valence-electron chi connectivity index (χ0n) is 12.3. The highest BCUT2D eigenvalue weighted by molar-refractivity contribution is 7.85. The van der Waals surface area contributed by atoms with E-state index in [-0.39, 0.29) is 10.8 Å². The lowest BCUT2D eigenvalue weighted by Gasteiger charge is -2.26. The first-order valence-corrected chi connectivity index (χ1v) is 8.77. The number of carbonyl (C=O) groups is 1. The molecule has 1 amide bonds. The van der Waals surface area contributed by atoms with E-state index in [1.165, 1.54) is 12.1 Å². The normalized spacial score (nSPS) is 15.4. The van der Waals surface area contributed by atoms with E-state index in [1.807, 2.05) is 4.90 Å². The minimum absolute atomic E-state index is 0.0423. The molecule has 2 N–H and O–H groups in total. The quantitative estimate of drug-likeness (QED) is 0.844. The monoisotopic (exact) mass is 322 g/mol. The minimum atomic E-state index is -4.24. The van der Waals surface area contributed by atoms with Crippen LogP contribution in [0.1, 0.15) is 35.8 Å². The molecule has 22 heavy (non-hydrogen) atoms.